The molecular weight excluding hydrogens is 372 g/mol. The Morgan fingerprint density at radius 1 is 1.26 bits per heavy atom. The largest absolute Gasteiger partial charge is 0.452 e. The second-order valence-corrected chi connectivity index (χ2v) is 6.35. The predicted molar refractivity (Wildman–Crippen MR) is 102 cm³/mol. The molecule has 1 N–H and O–H groups in total. The summed E-state index contributed by atoms with van der Waals surface area (Å²) in [5.74, 6) is -1.16. The van der Waals surface area contributed by atoms with E-state index in [0.717, 1.165) is 18.1 Å². The number of carbonyl (C=O) groups excluding carboxylic acids is 2. The summed E-state index contributed by atoms with van der Waals surface area (Å²) in [5, 5.41) is 13.5. The van der Waals surface area contributed by atoms with Crippen LogP contribution < -0.4 is 5.32 Å². The third-order valence-corrected chi connectivity index (χ3v) is 4.42. The van der Waals surface area contributed by atoms with Crippen LogP contribution in [0.15, 0.2) is 42.5 Å². The molecular formula is C19H19ClN2O5. The van der Waals surface area contributed by atoms with Crippen molar-refractivity contribution in [2.45, 2.75) is 26.2 Å². The van der Waals surface area contributed by atoms with Crippen molar-refractivity contribution in [1.29, 1.82) is 0 Å². The van der Waals surface area contributed by atoms with E-state index in [4.69, 9.17) is 16.3 Å². The number of non-ortho nitro benzene ring substituents is 1. The number of hydrogen-bond acceptors (Lipinski definition) is 5. The SMILES string of the molecule is CC[C@H](C)c1ccccc1NC(=O)COC(=O)c1cc([N+](=O)[O-])ccc1Cl. The van der Waals surface area contributed by atoms with Crippen LogP contribution in [0.4, 0.5) is 11.4 Å². The quantitative estimate of drug-likeness (QED) is 0.424. The standard InChI is InChI=1S/C19H19ClN2O5/c1-3-12(2)14-6-4-5-7-17(14)21-18(23)11-27-19(24)15-10-13(22(25)26)8-9-16(15)20/h4-10,12H,3,11H2,1-2H3,(H,21,23)/t12-/m0/s1. The zero-order valence-electron chi connectivity index (χ0n) is 14.9. The molecule has 0 aromatic heterocycles. The van der Waals surface area contributed by atoms with Crippen molar-refractivity contribution >= 4 is 34.9 Å². The summed E-state index contributed by atoms with van der Waals surface area (Å²) in [6, 6.07) is 10.8. The van der Waals surface area contributed by atoms with E-state index in [2.05, 4.69) is 12.2 Å². The topological polar surface area (TPSA) is 98.5 Å². The average molecular weight is 391 g/mol. The minimum atomic E-state index is -0.908. The van der Waals surface area contributed by atoms with Gasteiger partial charge in [0.25, 0.3) is 11.6 Å². The van der Waals surface area contributed by atoms with Crippen molar-refractivity contribution in [3.8, 4) is 0 Å². The summed E-state index contributed by atoms with van der Waals surface area (Å²) in [4.78, 5) is 34.4. The van der Waals surface area contributed by atoms with Crippen LogP contribution in [-0.4, -0.2) is 23.4 Å². The monoisotopic (exact) mass is 390 g/mol. The molecule has 1 amide bonds. The molecule has 0 saturated heterocycles. The highest BCUT2D eigenvalue weighted by atomic mass is 35.5. The zero-order chi connectivity index (χ0) is 20.0. The Labute approximate surface area is 161 Å². The van der Waals surface area contributed by atoms with Gasteiger partial charge in [-0.2, -0.15) is 0 Å². The number of nitrogens with zero attached hydrogens (tertiary/aromatic N) is 1. The van der Waals surface area contributed by atoms with Gasteiger partial charge in [-0.05, 0) is 30.0 Å². The molecule has 8 heteroatoms. The number of ether oxygens (including phenoxy) is 1. The molecule has 0 aliphatic rings. The smallest absolute Gasteiger partial charge is 0.340 e. The van der Waals surface area contributed by atoms with Gasteiger partial charge >= 0.3 is 5.97 Å². The summed E-state index contributed by atoms with van der Waals surface area (Å²) in [6.45, 7) is 3.57. The van der Waals surface area contributed by atoms with E-state index in [0.29, 0.717) is 5.69 Å². The second kappa shape index (κ2) is 9.14. The first-order chi connectivity index (χ1) is 12.8. The number of halogens is 1. The Morgan fingerprint density at radius 3 is 2.63 bits per heavy atom. The number of nitrogens with one attached hydrogen (secondary N) is 1. The third kappa shape index (κ3) is 5.27. The van der Waals surface area contributed by atoms with Gasteiger partial charge in [-0.15, -0.1) is 0 Å². The maximum atomic E-state index is 12.1. The van der Waals surface area contributed by atoms with Crippen LogP contribution in [0.25, 0.3) is 0 Å². The second-order valence-electron chi connectivity index (χ2n) is 5.94. The van der Waals surface area contributed by atoms with Crippen LogP contribution in [0.1, 0.15) is 42.1 Å². The third-order valence-electron chi connectivity index (χ3n) is 4.09. The maximum Gasteiger partial charge on any atom is 0.340 e. The number of nitro benzene ring substituents is 1. The molecule has 7 nitrogen and oxygen atoms in total. The van der Waals surface area contributed by atoms with E-state index in [9.17, 15) is 19.7 Å². The van der Waals surface area contributed by atoms with Gasteiger partial charge in [-0.1, -0.05) is 43.6 Å². The molecule has 0 radical (unpaired) electrons. The van der Waals surface area contributed by atoms with E-state index in [1.54, 1.807) is 12.1 Å². The van der Waals surface area contributed by atoms with Crippen molar-refractivity contribution in [3.63, 3.8) is 0 Å². The van der Waals surface area contributed by atoms with E-state index < -0.39 is 23.4 Å². The molecule has 142 valence electrons. The highest BCUT2D eigenvalue weighted by Gasteiger charge is 2.18. The number of para-hydroxylation sites is 1. The van der Waals surface area contributed by atoms with Gasteiger partial charge in [0.15, 0.2) is 6.61 Å². The molecule has 0 unspecified atom stereocenters. The summed E-state index contributed by atoms with van der Waals surface area (Å²) < 4.78 is 4.95. The Kier molecular flexibility index (Phi) is 6.90. The minimum absolute atomic E-state index is 0.00752. The Hall–Kier alpha value is -2.93. The van der Waals surface area contributed by atoms with E-state index >= 15 is 0 Å². The Morgan fingerprint density at radius 2 is 1.96 bits per heavy atom. The van der Waals surface area contributed by atoms with E-state index in [1.807, 2.05) is 19.1 Å². The van der Waals surface area contributed by atoms with Crippen molar-refractivity contribution in [2.75, 3.05) is 11.9 Å². The van der Waals surface area contributed by atoms with Crippen molar-refractivity contribution in [1.82, 2.24) is 0 Å². The summed E-state index contributed by atoms with van der Waals surface area (Å²) in [7, 11) is 0. The number of hydrogen-bond donors (Lipinski definition) is 1. The molecule has 2 aromatic rings. The van der Waals surface area contributed by atoms with Crippen LogP contribution in [0.2, 0.25) is 5.02 Å². The number of anilines is 1. The van der Waals surface area contributed by atoms with Gasteiger partial charge in [0.1, 0.15) is 0 Å². The maximum absolute atomic E-state index is 12.1. The summed E-state index contributed by atoms with van der Waals surface area (Å²) in [5.41, 5.74) is 1.18. The molecule has 2 aromatic carbocycles. The minimum Gasteiger partial charge on any atom is -0.452 e. The van der Waals surface area contributed by atoms with Crippen LogP contribution in [0.3, 0.4) is 0 Å². The molecule has 0 heterocycles. The van der Waals surface area contributed by atoms with Gasteiger partial charge in [0, 0.05) is 17.8 Å². The lowest BCUT2D eigenvalue weighted by atomic mass is 9.97. The fourth-order valence-corrected chi connectivity index (χ4v) is 2.63. The lowest BCUT2D eigenvalue weighted by molar-refractivity contribution is -0.384. The molecule has 2 rings (SSSR count). The highest BCUT2D eigenvalue weighted by molar-refractivity contribution is 6.33. The fourth-order valence-electron chi connectivity index (χ4n) is 2.44. The average Bonchev–Trinajstić information content (AvgIpc) is 2.66. The van der Waals surface area contributed by atoms with Crippen LogP contribution in [-0.2, 0) is 9.53 Å². The van der Waals surface area contributed by atoms with Crippen molar-refractivity contribution in [3.05, 3.63) is 68.7 Å². The first-order valence-electron chi connectivity index (χ1n) is 8.33. The fraction of sp³-hybridized carbons (Fsp3) is 0.263. The van der Waals surface area contributed by atoms with E-state index in [1.165, 1.54) is 12.1 Å². The summed E-state index contributed by atoms with van der Waals surface area (Å²) in [6.07, 6.45) is 0.910. The molecule has 1 atom stereocenters. The van der Waals surface area contributed by atoms with Crippen molar-refractivity contribution in [2.24, 2.45) is 0 Å². The highest BCUT2D eigenvalue weighted by Crippen LogP contribution is 2.26. The van der Waals surface area contributed by atoms with E-state index in [-0.39, 0.29) is 22.2 Å². The first kappa shape index (κ1) is 20.4. The number of esters is 1. The Bertz CT molecular complexity index is 869. The van der Waals surface area contributed by atoms with Crippen LogP contribution in [0.5, 0.6) is 0 Å². The summed E-state index contributed by atoms with van der Waals surface area (Å²) >= 11 is 5.89. The van der Waals surface area contributed by atoms with Gasteiger partial charge in [-0.25, -0.2) is 4.79 Å². The molecule has 0 saturated carbocycles. The molecule has 0 fully saturated rings. The molecule has 0 aliphatic heterocycles. The van der Waals surface area contributed by atoms with Gasteiger partial charge in [0.2, 0.25) is 0 Å². The van der Waals surface area contributed by atoms with Gasteiger partial charge in [0.05, 0.1) is 15.5 Å². The first-order valence-corrected chi connectivity index (χ1v) is 8.71. The van der Waals surface area contributed by atoms with Gasteiger partial charge in [-0.3, -0.25) is 14.9 Å². The van der Waals surface area contributed by atoms with Crippen molar-refractivity contribution < 1.29 is 19.2 Å². The normalized spacial score (nSPS) is 11.5. The lowest BCUT2D eigenvalue weighted by Crippen LogP contribution is -2.22. The lowest BCUT2D eigenvalue weighted by Gasteiger charge is -2.15. The van der Waals surface area contributed by atoms with Gasteiger partial charge < -0.3 is 10.1 Å². The van der Waals surface area contributed by atoms with Crippen LogP contribution >= 0.6 is 11.6 Å². The number of benzene rings is 2. The predicted octanol–water partition coefficient (Wildman–Crippen LogP) is 4.56. The van der Waals surface area contributed by atoms with Crippen LogP contribution in [0, 0.1) is 10.1 Å². The number of amides is 1. The molecule has 0 aliphatic carbocycles. The number of carbonyl (C=O) groups is 2. The molecule has 27 heavy (non-hydrogen) atoms. The number of rotatable bonds is 7. The number of nitro groups is 1. The molecule has 0 spiro atoms. The zero-order valence-corrected chi connectivity index (χ0v) is 15.7. The molecule has 0 bridgehead atoms. The Balaban J connectivity index is 2.03.